The summed E-state index contributed by atoms with van der Waals surface area (Å²) in [5, 5.41) is 8.75. The fourth-order valence-corrected chi connectivity index (χ4v) is 2.13. The minimum absolute atomic E-state index is 0.306. The van der Waals surface area contributed by atoms with Gasteiger partial charge in [-0.3, -0.25) is 0 Å². The zero-order valence-corrected chi connectivity index (χ0v) is 12.2. The smallest absolute Gasteiger partial charge is 0.119 e. The van der Waals surface area contributed by atoms with E-state index in [0.29, 0.717) is 6.61 Å². The van der Waals surface area contributed by atoms with Gasteiger partial charge >= 0.3 is 0 Å². The molecule has 0 radical (unpaired) electrons. The van der Waals surface area contributed by atoms with Crippen LogP contribution >= 0.6 is 0 Å². The van der Waals surface area contributed by atoms with E-state index in [9.17, 15) is 0 Å². The summed E-state index contributed by atoms with van der Waals surface area (Å²) in [6.07, 6.45) is 9.20. The Morgan fingerprint density at radius 3 is 2.63 bits per heavy atom. The van der Waals surface area contributed by atoms with Crippen LogP contribution in [0.25, 0.3) is 0 Å². The molecule has 0 bridgehead atoms. The molecule has 1 aromatic rings. The third kappa shape index (κ3) is 7.89. The maximum Gasteiger partial charge on any atom is 0.119 e. The van der Waals surface area contributed by atoms with E-state index in [-0.39, 0.29) is 0 Å². The molecule has 19 heavy (non-hydrogen) atoms. The van der Waals surface area contributed by atoms with Gasteiger partial charge < -0.3 is 9.84 Å². The van der Waals surface area contributed by atoms with Crippen molar-refractivity contribution in [1.82, 2.24) is 0 Å². The summed E-state index contributed by atoms with van der Waals surface area (Å²) in [6.45, 7) is 3.36. The van der Waals surface area contributed by atoms with E-state index in [2.05, 4.69) is 25.1 Å². The summed E-state index contributed by atoms with van der Waals surface area (Å²) >= 11 is 0. The van der Waals surface area contributed by atoms with Crippen LogP contribution in [0.4, 0.5) is 0 Å². The zero-order chi connectivity index (χ0) is 13.8. The molecule has 1 rings (SSSR count). The lowest BCUT2D eigenvalue weighted by molar-refractivity contribution is 0.283. The monoisotopic (exact) mass is 264 g/mol. The fraction of sp³-hybridized carbons (Fsp3) is 0.647. The number of unbranched alkanes of at least 4 members (excludes halogenated alkanes) is 5. The summed E-state index contributed by atoms with van der Waals surface area (Å²) in [5.74, 6) is 0.996. The van der Waals surface area contributed by atoms with E-state index < -0.39 is 0 Å². The second-order valence-electron chi connectivity index (χ2n) is 5.09. The first-order valence-electron chi connectivity index (χ1n) is 7.69. The maximum absolute atomic E-state index is 8.75. The number of aliphatic hydroxyl groups excluding tert-OH is 1. The topological polar surface area (TPSA) is 29.5 Å². The predicted octanol–water partition coefficient (Wildman–Crippen LogP) is 4.35. The van der Waals surface area contributed by atoms with Gasteiger partial charge in [-0.25, -0.2) is 0 Å². The van der Waals surface area contributed by atoms with Crippen molar-refractivity contribution < 1.29 is 9.84 Å². The average molecular weight is 264 g/mol. The Kier molecular flexibility index (Phi) is 9.17. The average Bonchev–Trinajstić information content (AvgIpc) is 2.44. The van der Waals surface area contributed by atoms with Gasteiger partial charge in [-0.15, -0.1) is 0 Å². The normalized spacial score (nSPS) is 10.6. The van der Waals surface area contributed by atoms with Crippen LogP contribution in [0.15, 0.2) is 24.3 Å². The molecular weight excluding hydrogens is 236 g/mol. The number of hydrogen-bond donors (Lipinski definition) is 1. The molecule has 0 saturated heterocycles. The van der Waals surface area contributed by atoms with Crippen molar-refractivity contribution in [2.24, 2.45) is 0 Å². The van der Waals surface area contributed by atoms with Gasteiger partial charge in [0.05, 0.1) is 6.61 Å². The van der Waals surface area contributed by atoms with E-state index in [1.807, 2.05) is 6.07 Å². The molecule has 2 heteroatoms. The number of hydrogen-bond acceptors (Lipinski definition) is 2. The summed E-state index contributed by atoms with van der Waals surface area (Å²) in [6, 6.07) is 8.42. The molecule has 1 N–H and O–H groups in total. The van der Waals surface area contributed by atoms with Crippen molar-refractivity contribution in [2.45, 2.75) is 58.3 Å². The second kappa shape index (κ2) is 10.9. The fourth-order valence-electron chi connectivity index (χ4n) is 2.13. The number of aryl methyl sites for hydroxylation is 1. The first-order valence-corrected chi connectivity index (χ1v) is 7.69. The van der Waals surface area contributed by atoms with Gasteiger partial charge in [0, 0.05) is 6.61 Å². The van der Waals surface area contributed by atoms with Gasteiger partial charge in [0.15, 0.2) is 0 Å². The Balaban J connectivity index is 2.23. The molecule has 0 spiro atoms. The lowest BCUT2D eigenvalue weighted by Gasteiger charge is -2.08. The molecule has 0 aliphatic rings. The first kappa shape index (κ1) is 16.0. The number of ether oxygens (including phenoxy) is 1. The van der Waals surface area contributed by atoms with Crippen molar-refractivity contribution in [1.29, 1.82) is 0 Å². The highest BCUT2D eigenvalue weighted by Gasteiger charge is 1.98. The van der Waals surface area contributed by atoms with E-state index in [0.717, 1.165) is 44.5 Å². The summed E-state index contributed by atoms with van der Waals surface area (Å²) in [5.41, 5.74) is 1.34. The molecule has 0 aromatic heterocycles. The van der Waals surface area contributed by atoms with E-state index in [1.54, 1.807) is 0 Å². The lowest BCUT2D eigenvalue weighted by Crippen LogP contribution is -1.98. The summed E-state index contributed by atoms with van der Waals surface area (Å²) in [7, 11) is 0. The number of aliphatic hydroxyl groups is 1. The van der Waals surface area contributed by atoms with Crippen molar-refractivity contribution in [2.75, 3.05) is 13.2 Å². The van der Waals surface area contributed by atoms with Crippen LogP contribution in [0, 0.1) is 0 Å². The summed E-state index contributed by atoms with van der Waals surface area (Å²) < 4.78 is 5.78. The van der Waals surface area contributed by atoms with Gasteiger partial charge in [-0.1, -0.05) is 44.7 Å². The van der Waals surface area contributed by atoms with Crippen LogP contribution in [0.2, 0.25) is 0 Å². The zero-order valence-electron chi connectivity index (χ0n) is 12.2. The van der Waals surface area contributed by atoms with Gasteiger partial charge in [-0.05, 0) is 43.4 Å². The van der Waals surface area contributed by atoms with Crippen molar-refractivity contribution in [3.05, 3.63) is 29.8 Å². The van der Waals surface area contributed by atoms with Crippen molar-refractivity contribution >= 4 is 0 Å². The van der Waals surface area contributed by atoms with E-state index in [4.69, 9.17) is 9.84 Å². The van der Waals surface area contributed by atoms with E-state index >= 15 is 0 Å². The van der Waals surface area contributed by atoms with Gasteiger partial charge in [-0.2, -0.15) is 0 Å². The Hall–Kier alpha value is -1.02. The van der Waals surface area contributed by atoms with Crippen LogP contribution in [0.1, 0.15) is 57.4 Å². The first-order chi connectivity index (χ1) is 9.36. The van der Waals surface area contributed by atoms with Gasteiger partial charge in [0.1, 0.15) is 5.75 Å². The Labute approximate surface area is 117 Å². The molecule has 108 valence electrons. The predicted molar refractivity (Wildman–Crippen MR) is 80.7 cm³/mol. The molecule has 0 aliphatic carbocycles. The van der Waals surface area contributed by atoms with E-state index in [1.165, 1.54) is 24.8 Å². The van der Waals surface area contributed by atoms with Crippen molar-refractivity contribution in [3.63, 3.8) is 0 Å². The summed E-state index contributed by atoms with van der Waals surface area (Å²) in [4.78, 5) is 0. The van der Waals surface area contributed by atoms with Crippen LogP contribution in [-0.4, -0.2) is 18.3 Å². The molecule has 0 fully saturated rings. The van der Waals surface area contributed by atoms with Crippen LogP contribution in [-0.2, 0) is 6.42 Å². The van der Waals surface area contributed by atoms with Crippen LogP contribution < -0.4 is 4.74 Å². The van der Waals surface area contributed by atoms with Crippen LogP contribution in [0.5, 0.6) is 5.75 Å². The highest BCUT2D eigenvalue weighted by molar-refractivity contribution is 5.28. The van der Waals surface area contributed by atoms with Crippen molar-refractivity contribution in [3.8, 4) is 5.75 Å². The standard InChI is InChI=1S/C17H28O2/c1-2-3-4-8-14-19-17-12-9-11-16(15-17)10-6-5-7-13-18/h9,11-12,15,18H,2-8,10,13-14H2,1H3. The number of rotatable bonds is 11. The second-order valence-corrected chi connectivity index (χ2v) is 5.09. The molecule has 2 nitrogen and oxygen atoms in total. The Morgan fingerprint density at radius 2 is 1.84 bits per heavy atom. The molecule has 0 atom stereocenters. The van der Waals surface area contributed by atoms with Gasteiger partial charge in [0.25, 0.3) is 0 Å². The quantitative estimate of drug-likeness (QED) is 0.602. The lowest BCUT2D eigenvalue weighted by atomic mass is 10.1. The third-order valence-electron chi connectivity index (χ3n) is 3.29. The number of benzene rings is 1. The SMILES string of the molecule is CCCCCCOc1cccc(CCCCCO)c1. The Morgan fingerprint density at radius 1 is 1.00 bits per heavy atom. The van der Waals surface area contributed by atoms with Crippen LogP contribution in [0.3, 0.4) is 0 Å². The van der Waals surface area contributed by atoms with Gasteiger partial charge in [0.2, 0.25) is 0 Å². The molecule has 0 aliphatic heterocycles. The molecular formula is C17H28O2. The maximum atomic E-state index is 8.75. The minimum atomic E-state index is 0.306. The molecule has 0 heterocycles. The highest BCUT2D eigenvalue weighted by atomic mass is 16.5. The molecule has 0 saturated carbocycles. The third-order valence-corrected chi connectivity index (χ3v) is 3.29. The molecule has 0 unspecified atom stereocenters. The largest absolute Gasteiger partial charge is 0.494 e. The minimum Gasteiger partial charge on any atom is -0.494 e. The molecule has 1 aromatic carbocycles. The highest BCUT2D eigenvalue weighted by Crippen LogP contribution is 2.16. The molecule has 0 amide bonds. The Bertz CT molecular complexity index is 323.